The van der Waals surface area contributed by atoms with E-state index < -0.39 is 0 Å². The van der Waals surface area contributed by atoms with Crippen LogP contribution in [-0.2, 0) is 0 Å². The van der Waals surface area contributed by atoms with Crippen LogP contribution in [0.2, 0.25) is 0 Å². The first-order chi connectivity index (χ1) is 7.72. The lowest BCUT2D eigenvalue weighted by molar-refractivity contribution is 1.22. The van der Waals surface area contributed by atoms with Crippen LogP contribution in [0.4, 0.5) is 0 Å². The molecule has 0 aliphatic carbocycles. The van der Waals surface area contributed by atoms with E-state index in [9.17, 15) is 4.79 Å². The smallest absolute Gasteiger partial charge is 0.306 e. The summed E-state index contributed by atoms with van der Waals surface area (Å²) in [7, 11) is 0. The van der Waals surface area contributed by atoms with Crippen molar-refractivity contribution in [1.29, 1.82) is 0 Å². The van der Waals surface area contributed by atoms with Crippen LogP contribution in [-0.4, -0.2) is 15.0 Å². The predicted molar refractivity (Wildman–Crippen MR) is 64.8 cm³/mol. The normalized spacial score (nSPS) is 11.1. The molecule has 0 saturated heterocycles. The van der Waals surface area contributed by atoms with E-state index in [4.69, 9.17) is 0 Å². The molecule has 3 rings (SSSR count). The van der Waals surface area contributed by atoms with Crippen LogP contribution in [0.15, 0.2) is 29.2 Å². The Hall–Kier alpha value is -1.88. The Labute approximate surface area is 95.0 Å². The van der Waals surface area contributed by atoms with Gasteiger partial charge in [-0.05, 0) is 24.6 Å². The van der Waals surface area contributed by atoms with E-state index in [2.05, 4.69) is 15.0 Å². The van der Waals surface area contributed by atoms with Crippen LogP contribution in [0.25, 0.3) is 21.5 Å². The number of nitrogens with one attached hydrogen (secondary N) is 2. The maximum absolute atomic E-state index is 11.1. The van der Waals surface area contributed by atoms with E-state index in [1.807, 2.05) is 31.3 Å². The third kappa shape index (κ3) is 1.45. The summed E-state index contributed by atoms with van der Waals surface area (Å²) in [5.74, 6) is 0. The van der Waals surface area contributed by atoms with Crippen LogP contribution < -0.4 is 5.69 Å². The van der Waals surface area contributed by atoms with Gasteiger partial charge in [0.2, 0.25) is 0 Å². The first-order valence-corrected chi connectivity index (χ1v) is 5.69. The molecule has 16 heavy (non-hydrogen) atoms. The molecule has 0 bridgehead atoms. The lowest BCUT2D eigenvalue weighted by Crippen LogP contribution is -1.99. The van der Waals surface area contributed by atoms with Gasteiger partial charge >= 0.3 is 5.69 Å². The van der Waals surface area contributed by atoms with Crippen molar-refractivity contribution in [3.05, 3.63) is 39.9 Å². The summed E-state index contributed by atoms with van der Waals surface area (Å²) in [5, 5.41) is 1.04. The Bertz CT molecular complexity index is 707. The predicted octanol–water partition coefficient (Wildman–Crippen LogP) is 2.29. The number of hydrogen-bond donors (Lipinski definition) is 2. The standard InChI is InChI=1S/C11H9N3OS/c1-6-12-5-10(16-6)7-2-3-8-9(4-7)14-11(15)13-8/h2-5H,1H3,(H2,13,14,15). The largest absolute Gasteiger partial charge is 0.323 e. The first-order valence-electron chi connectivity index (χ1n) is 4.87. The second kappa shape index (κ2) is 3.31. The molecule has 5 heteroatoms. The van der Waals surface area contributed by atoms with Gasteiger partial charge < -0.3 is 9.97 Å². The number of H-pyrrole nitrogens is 2. The van der Waals surface area contributed by atoms with Crippen molar-refractivity contribution in [3.63, 3.8) is 0 Å². The van der Waals surface area contributed by atoms with Gasteiger partial charge in [0.1, 0.15) is 0 Å². The molecule has 2 heterocycles. The second-order valence-electron chi connectivity index (χ2n) is 3.58. The Morgan fingerprint density at radius 3 is 2.81 bits per heavy atom. The van der Waals surface area contributed by atoms with E-state index in [0.717, 1.165) is 26.5 Å². The van der Waals surface area contributed by atoms with E-state index >= 15 is 0 Å². The highest BCUT2D eigenvalue weighted by Gasteiger charge is 2.04. The Morgan fingerprint density at radius 2 is 2.06 bits per heavy atom. The summed E-state index contributed by atoms with van der Waals surface area (Å²) in [4.78, 5) is 21.9. The molecule has 3 aromatic rings. The van der Waals surface area contributed by atoms with Gasteiger partial charge in [0, 0.05) is 6.20 Å². The fraction of sp³-hybridized carbons (Fsp3) is 0.0909. The highest BCUT2D eigenvalue weighted by Crippen LogP contribution is 2.27. The van der Waals surface area contributed by atoms with Crippen LogP contribution in [0, 0.1) is 6.92 Å². The zero-order valence-electron chi connectivity index (χ0n) is 8.57. The zero-order valence-corrected chi connectivity index (χ0v) is 9.39. The Morgan fingerprint density at radius 1 is 1.25 bits per heavy atom. The number of rotatable bonds is 1. The van der Waals surface area contributed by atoms with Crippen molar-refractivity contribution in [2.24, 2.45) is 0 Å². The highest BCUT2D eigenvalue weighted by molar-refractivity contribution is 7.15. The van der Waals surface area contributed by atoms with Crippen molar-refractivity contribution >= 4 is 22.4 Å². The van der Waals surface area contributed by atoms with Gasteiger partial charge in [-0.25, -0.2) is 9.78 Å². The summed E-state index contributed by atoms with van der Waals surface area (Å²) in [6, 6.07) is 5.84. The third-order valence-corrected chi connectivity index (χ3v) is 3.38. The molecular formula is C11H9N3OS. The molecule has 4 nitrogen and oxygen atoms in total. The van der Waals surface area contributed by atoms with E-state index in [1.54, 1.807) is 11.3 Å². The number of imidazole rings is 1. The molecule has 2 aromatic heterocycles. The molecule has 0 atom stereocenters. The zero-order chi connectivity index (χ0) is 11.1. The van der Waals surface area contributed by atoms with Gasteiger partial charge in [-0.2, -0.15) is 0 Å². The molecule has 0 fully saturated rings. The number of benzene rings is 1. The molecule has 0 aliphatic rings. The van der Waals surface area contributed by atoms with Gasteiger partial charge in [-0.15, -0.1) is 11.3 Å². The first kappa shape index (κ1) is 9.35. The third-order valence-electron chi connectivity index (χ3n) is 2.42. The molecule has 0 unspecified atom stereocenters. The van der Waals surface area contributed by atoms with Gasteiger partial charge in [0.25, 0.3) is 0 Å². The minimum atomic E-state index is -0.173. The maximum Gasteiger partial charge on any atom is 0.323 e. The summed E-state index contributed by atoms with van der Waals surface area (Å²) in [6.45, 7) is 1.98. The van der Waals surface area contributed by atoms with Crippen molar-refractivity contribution in [2.75, 3.05) is 0 Å². The maximum atomic E-state index is 11.1. The van der Waals surface area contributed by atoms with Crippen LogP contribution >= 0.6 is 11.3 Å². The average molecular weight is 231 g/mol. The molecule has 0 aliphatic heterocycles. The number of aromatic amines is 2. The SMILES string of the molecule is Cc1ncc(-c2ccc3[nH]c(=O)[nH]c3c2)s1. The number of hydrogen-bond acceptors (Lipinski definition) is 3. The quantitative estimate of drug-likeness (QED) is 0.675. The lowest BCUT2D eigenvalue weighted by Gasteiger charge is -1.95. The fourth-order valence-electron chi connectivity index (χ4n) is 1.68. The van der Waals surface area contributed by atoms with E-state index in [0.29, 0.717) is 0 Å². The van der Waals surface area contributed by atoms with Gasteiger partial charge in [0.15, 0.2) is 0 Å². The molecule has 0 radical (unpaired) electrons. The van der Waals surface area contributed by atoms with Gasteiger partial charge in [-0.3, -0.25) is 0 Å². The monoisotopic (exact) mass is 231 g/mol. The van der Waals surface area contributed by atoms with Crippen molar-refractivity contribution < 1.29 is 0 Å². The molecule has 0 saturated carbocycles. The average Bonchev–Trinajstić information content (AvgIpc) is 2.81. The number of aromatic nitrogens is 3. The molecule has 2 N–H and O–H groups in total. The lowest BCUT2D eigenvalue weighted by atomic mass is 10.2. The van der Waals surface area contributed by atoms with Crippen LogP contribution in [0.3, 0.4) is 0 Å². The summed E-state index contributed by atoms with van der Waals surface area (Å²) >= 11 is 1.64. The minimum Gasteiger partial charge on any atom is -0.306 e. The van der Waals surface area contributed by atoms with Crippen molar-refractivity contribution in [3.8, 4) is 10.4 Å². The Kier molecular flexibility index (Phi) is 1.94. The summed E-state index contributed by atoms with van der Waals surface area (Å²) < 4.78 is 0. The summed E-state index contributed by atoms with van der Waals surface area (Å²) in [6.07, 6.45) is 1.85. The van der Waals surface area contributed by atoms with Crippen molar-refractivity contribution in [2.45, 2.75) is 6.92 Å². The van der Waals surface area contributed by atoms with E-state index in [-0.39, 0.29) is 5.69 Å². The van der Waals surface area contributed by atoms with E-state index in [1.165, 1.54) is 0 Å². The number of fused-ring (bicyclic) bond motifs is 1. The number of thiazole rings is 1. The fourth-order valence-corrected chi connectivity index (χ4v) is 2.45. The molecular weight excluding hydrogens is 222 g/mol. The Balaban J connectivity index is 2.21. The summed E-state index contributed by atoms with van der Waals surface area (Å²) in [5.41, 5.74) is 2.56. The number of nitrogens with zero attached hydrogens (tertiary/aromatic N) is 1. The van der Waals surface area contributed by atoms with Crippen LogP contribution in [0.1, 0.15) is 5.01 Å². The minimum absolute atomic E-state index is 0.173. The molecule has 0 amide bonds. The topological polar surface area (TPSA) is 61.5 Å². The van der Waals surface area contributed by atoms with Crippen molar-refractivity contribution in [1.82, 2.24) is 15.0 Å². The van der Waals surface area contributed by atoms with Gasteiger partial charge in [-0.1, -0.05) is 6.07 Å². The number of aryl methyl sites for hydroxylation is 1. The van der Waals surface area contributed by atoms with Crippen LogP contribution in [0.5, 0.6) is 0 Å². The second-order valence-corrected chi connectivity index (χ2v) is 4.82. The molecule has 80 valence electrons. The molecule has 1 aromatic carbocycles. The highest BCUT2D eigenvalue weighted by atomic mass is 32.1. The molecule has 0 spiro atoms. The van der Waals surface area contributed by atoms with Gasteiger partial charge in [0.05, 0.1) is 20.9 Å².